The van der Waals surface area contributed by atoms with Crippen LogP contribution in [0.15, 0.2) is 47.6 Å². The monoisotopic (exact) mass is 418 g/mol. The Balaban J connectivity index is 1.45. The van der Waals surface area contributed by atoms with E-state index in [4.69, 9.17) is 4.74 Å². The van der Waals surface area contributed by atoms with Gasteiger partial charge in [0.1, 0.15) is 4.90 Å². The molecule has 158 valence electrons. The Morgan fingerprint density at radius 2 is 2.03 bits per heavy atom. The number of nitrogens with zero attached hydrogens (tertiary/aromatic N) is 3. The van der Waals surface area contributed by atoms with Crippen molar-refractivity contribution in [3.8, 4) is 0 Å². The van der Waals surface area contributed by atoms with Gasteiger partial charge in [-0.3, -0.25) is 4.68 Å². The highest BCUT2D eigenvalue weighted by molar-refractivity contribution is 7.89. The Hall–Kier alpha value is -1.74. The van der Waals surface area contributed by atoms with E-state index in [1.807, 2.05) is 6.07 Å². The molecular formula is C21H30N4O3S. The molecule has 1 aliphatic heterocycles. The number of nitrogens with one attached hydrogen (secondary N) is 1. The van der Waals surface area contributed by atoms with Gasteiger partial charge in [-0.1, -0.05) is 30.3 Å². The van der Waals surface area contributed by atoms with Crippen molar-refractivity contribution in [3.63, 3.8) is 0 Å². The third kappa shape index (κ3) is 4.55. The minimum Gasteiger partial charge on any atom is -0.384 e. The molecule has 1 saturated carbocycles. The molecule has 2 unspecified atom stereocenters. The van der Waals surface area contributed by atoms with Crippen molar-refractivity contribution in [2.24, 2.45) is 13.0 Å². The summed E-state index contributed by atoms with van der Waals surface area (Å²) in [7, 11) is -0.108. The summed E-state index contributed by atoms with van der Waals surface area (Å²) in [5.74, 6) is 0.911. The van der Waals surface area contributed by atoms with Gasteiger partial charge in [0.25, 0.3) is 0 Å². The summed E-state index contributed by atoms with van der Waals surface area (Å²) in [6.45, 7) is 1.85. The number of aryl methyl sites for hydroxylation is 1. The molecule has 2 aromatic rings. The summed E-state index contributed by atoms with van der Waals surface area (Å²) in [4.78, 5) is 0.267. The number of sulfonamides is 1. The SMILES string of the molecule is COCC1CCN(S(=O)(=O)c2cnn(C)c2)C(CN[C@@H]2C[C@H]2c2ccccc2)C1. The maximum absolute atomic E-state index is 13.2. The number of piperidine rings is 1. The predicted octanol–water partition coefficient (Wildman–Crippen LogP) is 1.98. The molecule has 1 aromatic heterocycles. The van der Waals surface area contributed by atoms with Gasteiger partial charge in [0, 0.05) is 58.1 Å². The molecule has 2 heterocycles. The van der Waals surface area contributed by atoms with E-state index < -0.39 is 10.0 Å². The molecule has 4 rings (SSSR count). The van der Waals surface area contributed by atoms with E-state index in [-0.39, 0.29) is 10.9 Å². The normalized spacial score (nSPS) is 27.8. The molecule has 1 saturated heterocycles. The van der Waals surface area contributed by atoms with Crippen LogP contribution in [0.2, 0.25) is 0 Å². The van der Waals surface area contributed by atoms with E-state index in [1.54, 1.807) is 24.7 Å². The van der Waals surface area contributed by atoms with E-state index in [9.17, 15) is 8.42 Å². The Morgan fingerprint density at radius 3 is 2.72 bits per heavy atom. The maximum Gasteiger partial charge on any atom is 0.246 e. The lowest BCUT2D eigenvalue weighted by Crippen LogP contribution is -2.51. The lowest BCUT2D eigenvalue weighted by atomic mass is 9.93. The molecule has 1 N–H and O–H groups in total. The Morgan fingerprint density at radius 1 is 1.24 bits per heavy atom. The van der Waals surface area contributed by atoms with E-state index in [1.165, 1.54) is 16.4 Å². The van der Waals surface area contributed by atoms with Crippen LogP contribution in [0.1, 0.15) is 30.7 Å². The van der Waals surface area contributed by atoms with Gasteiger partial charge in [-0.25, -0.2) is 8.42 Å². The fraction of sp³-hybridized carbons (Fsp3) is 0.571. The molecule has 1 aromatic carbocycles. The molecule has 2 fully saturated rings. The lowest BCUT2D eigenvalue weighted by Gasteiger charge is -2.38. The first kappa shape index (κ1) is 20.5. The third-order valence-corrected chi connectivity index (χ3v) is 8.00. The zero-order chi connectivity index (χ0) is 20.4. The highest BCUT2D eigenvalue weighted by Gasteiger charge is 2.41. The molecule has 2 aliphatic rings. The number of hydrogen-bond acceptors (Lipinski definition) is 5. The standard InChI is InChI=1S/C21H30N4O3S/c1-24-14-19(13-23-24)29(26,27)25-9-8-16(15-28-2)10-18(25)12-22-21-11-20(21)17-6-4-3-5-7-17/h3-7,13-14,16,18,20-22H,8-12,15H2,1-2H3/t16?,18?,20-,21+/m0/s1. The van der Waals surface area contributed by atoms with Gasteiger partial charge in [0.15, 0.2) is 0 Å². The smallest absolute Gasteiger partial charge is 0.246 e. The summed E-state index contributed by atoms with van der Waals surface area (Å²) in [6, 6.07) is 10.9. The van der Waals surface area contributed by atoms with Crippen molar-refractivity contribution in [3.05, 3.63) is 48.3 Å². The van der Waals surface area contributed by atoms with Crippen LogP contribution >= 0.6 is 0 Å². The van der Waals surface area contributed by atoms with Crippen molar-refractivity contribution >= 4 is 10.0 Å². The van der Waals surface area contributed by atoms with E-state index >= 15 is 0 Å². The summed E-state index contributed by atoms with van der Waals surface area (Å²) >= 11 is 0. The van der Waals surface area contributed by atoms with E-state index in [2.05, 4.69) is 34.7 Å². The number of ether oxygens (including phenoxy) is 1. The molecule has 0 spiro atoms. The number of hydrogen-bond donors (Lipinski definition) is 1. The zero-order valence-corrected chi connectivity index (χ0v) is 17.9. The Labute approximate surface area is 173 Å². The van der Waals surface area contributed by atoms with Gasteiger partial charge in [0.2, 0.25) is 10.0 Å². The molecule has 29 heavy (non-hydrogen) atoms. The molecule has 0 bridgehead atoms. The fourth-order valence-corrected chi connectivity index (χ4v) is 6.08. The van der Waals surface area contributed by atoms with Gasteiger partial charge in [0.05, 0.1) is 6.20 Å². The number of benzene rings is 1. The lowest BCUT2D eigenvalue weighted by molar-refractivity contribution is 0.0984. The van der Waals surface area contributed by atoms with Gasteiger partial charge >= 0.3 is 0 Å². The molecule has 1 aliphatic carbocycles. The first-order valence-corrected chi connectivity index (χ1v) is 11.7. The van der Waals surface area contributed by atoms with Crippen molar-refractivity contribution in [2.75, 3.05) is 26.8 Å². The molecule has 7 nitrogen and oxygen atoms in total. The minimum atomic E-state index is -3.55. The fourth-order valence-electron chi connectivity index (χ4n) is 4.45. The Bertz CT molecular complexity index is 915. The van der Waals surface area contributed by atoms with E-state index in [0.29, 0.717) is 37.6 Å². The van der Waals surface area contributed by atoms with Crippen LogP contribution in [0, 0.1) is 5.92 Å². The molecule has 4 atom stereocenters. The molecule has 0 amide bonds. The van der Waals surface area contributed by atoms with Crippen LogP contribution in [0.5, 0.6) is 0 Å². The van der Waals surface area contributed by atoms with Crippen molar-refractivity contribution in [1.29, 1.82) is 0 Å². The molecular weight excluding hydrogens is 388 g/mol. The first-order chi connectivity index (χ1) is 14.0. The zero-order valence-electron chi connectivity index (χ0n) is 17.1. The predicted molar refractivity (Wildman–Crippen MR) is 111 cm³/mol. The Kier molecular flexibility index (Phi) is 6.06. The second-order valence-corrected chi connectivity index (χ2v) is 10.1. The van der Waals surface area contributed by atoms with Crippen LogP contribution in [0.3, 0.4) is 0 Å². The summed E-state index contributed by atoms with van der Waals surface area (Å²) in [5, 5.41) is 7.68. The van der Waals surface area contributed by atoms with Crippen LogP contribution in [0.25, 0.3) is 0 Å². The van der Waals surface area contributed by atoms with Crippen LogP contribution in [-0.4, -0.2) is 61.4 Å². The largest absolute Gasteiger partial charge is 0.384 e. The first-order valence-electron chi connectivity index (χ1n) is 10.3. The second-order valence-electron chi connectivity index (χ2n) is 8.23. The average Bonchev–Trinajstić information content (AvgIpc) is 3.37. The maximum atomic E-state index is 13.2. The van der Waals surface area contributed by atoms with Gasteiger partial charge in [-0.15, -0.1) is 0 Å². The van der Waals surface area contributed by atoms with Crippen molar-refractivity contribution < 1.29 is 13.2 Å². The topological polar surface area (TPSA) is 76.5 Å². The summed E-state index contributed by atoms with van der Waals surface area (Å²) in [5.41, 5.74) is 1.35. The van der Waals surface area contributed by atoms with Crippen LogP contribution < -0.4 is 5.32 Å². The average molecular weight is 419 g/mol. The highest BCUT2D eigenvalue weighted by atomic mass is 32.2. The quantitative estimate of drug-likeness (QED) is 0.709. The summed E-state index contributed by atoms with van der Waals surface area (Å²) < 4.78 is 35.0. The van der Waals surface area contributed by atoms with Crippen molar-refractivity contribution in [2.45, 2.75) is 42.2 Å². The van der Waals surface area contributed by atoms with Gasteiger partial charge < -0.3 is 10.1 Å². The number of aromatic nitrogens is 2. The van der Waals surface area contributed by atoms with Crippen LogP contribution in [-0.2, 0) is 21.8 Å². The minimum absolute atomic E-state index is 0.0777. The summed E-state index contributed by atoms with van der Waals surface area (Å²) in [6.07, 6.45) is 5.75. The second kappa shape index (κ2) is 8.55. The molecule has 8 heteroatoms. The third-order valence-electron chi connectivity index (χ3n) is 6.09. The van der Waals surface area contributed by atoms with Gasteiger partial charge in [-0.2, -0.15) is 9.40 Å². The number of rotatable bonds is 8. The van der Waals surface area contributed by atoms with E-state index in [0.717, 1.165) is 19.3 Å². The molecule has 0 radical (unpaired) electrons. The number of methoxy groups -OCH3 is 1. The van der Waals surface area contributed by atoms with Crippen molar-refractivity contribution in [1.82, 2.24) is 19.4 Å². The van der Waals surface area contributed by atoms with Crippen LogP contribution in [0.4, 0.5) is 0 Å². The van der Waals surface area contributed by atoms with Gasteiger partial charge in [-0.05, 0) is 30.7 Å². The highest BCUT2D eigenvalue weighted by Crippen LogP contribution is 2.41.